The molecule has 27 heavy (non-hydrogen) atoms. The molecule has 0 N–H and O–H groups in total. The number of hydrogen-bond donors (Lipinski definition) is 0. The van der Waals surface area contributed by atoms with Crippen LogP contribution in [0.2, 0.25) is 0 Å². The van der Waals surface area contributed by atoms with Crippen LogP contribution in [0.5, 0.6) is 11.5 Å². The van der Waals surface area contributed by atoms with Crippen LogP contribution in [0.15, 0.2) is 42.5 Å². The van der Waals surface area contributed by atoms with Crippen LogP contribution in [-0.2, 0) is 6.42 Å². The summed E-state index contributed by atoms with van der Waals surface area (Å²) in [6.45, 7) is 4.90. The molecule has 7 heteroatoms. The van der Waals surface area contributed by atoms with E-state index in [1.54, 1.807) is 11.8 Å². The van der Waals surface area contributed by atoms with Gasteiger partial charge in [-0.2, -0.15) is 0 Å². The quantitative estimate of drug-likeness (QED) is 0.495. The minimum Gasteiger partial charge on any atom is -0.493 e. The fourth-order valence-corrected chi connectivity index (χ4v) is 2.78. The van der Waals surface area contributed by atoms with Crippen LogP contribution in [-0.4, -0.2) is 42.5 Å². The van der Waals surface area contributed by atoms with E-state index in [2.05, 4.69) is 0 Å². The van der Waals surface area contributed by atoms with Crippen molar-refractivity contribution < 1.29 is 19.2 Å². The Kier molecular flexibility index (Phi) is 7.16. The van der Waals surface area contributed by atoms with Crippen LogP contribution >= 0.6 is 0 Å². The second-order valence-corrected chi connectivity index (χ2v) is 5.83. The number of ether oxygens (including phenoxy) is 2. The van der Waals surface area contributed by atoms with Crippen LogP contribution < -0.4 is 9.47 Å². The van der Waals surface area contributed by atoms with Crippen molar-refractivity contribution in [3.8, 4) is 11.5 Å². The molecule has 0 radical (unpaired) electrons. The van der Waals surface area contributed by atoms with E-state index in [-0.39, 0.29) is 17.0 Å². The largest absolute Gasteiger partial charge is 0.493 e. The SMILES string of the molecule is CCOc1cc(C(=O)N(CC)CCc2ccccc2)c([N+](=O)[O-])cc1OC. The molecule has 1 amide bonds. The number of nitro groups is 1. The first-order valence-corrected chi connectivity index (χ1v) is 8.84. The molecular weight excluding hydrogens is 348 g/mol. The summed E-state index contributed by atoms with van der Waals surface area (Å²) in [6, 6.07) is 12.4. The first kappa shape index (κ1) is 20.2. The molecule has 0 saturated heterocycles. The zero-order valence-corrected chi connectivity index (χ0v) is 15.8. The van der Waals surface area contributed by atoms with Crippen LogP contribution in [0.4, 0.5) is 5.69 Å². The number of amides is 1. The maximum Gasteiger partial charge on any atom is 0.286 e. The first-order valence-electron chi connectivity index (χ1n) is 8.84. The van der Waals surface area contributed by atoms with Gasteiger partial charge in [0.05, 0.1) is 24.7 Å². The third kappa shape index (κ3) is 4.97. The fourth-order valence-electron chi connectivity index (χ4n) is 2.78. The Bertz CT molecular complexity index is 792. The summed E-state index contributed by atoms with van der Waals surface area (Å²) in [4.78, 5) is 25.5. The minimum atomic E-state index is -0.573. The molecule has 0 aliphatic heterocycles. The highest BCUT2D eigenvalue weighted by Gasteiger charge is 2.27. The number of nitrogens with zero attached hydrogens (tertiary/aromatic N) is 2. The Hall–Kier alpha value is -3.09. The van der Waals surface area contributed by atoms with E-state index in [0.717, 1.165) is 5.56 Å². The van der Waals surface area contributed by atoms with Gasteiger partial charge in [-0.25, -0.2) is 0 Å². The van der Waals surface area contributed by atoms with Gasteiger partial charge in [-0.05, 0) is 25.8 Å². The molecule has 0 heterocycles. The Morgan fingerprint density at radius 2 is 1.85 bits per heavy atom. The summed E-state index contributed by atoms with van der Waals surface area (Å²) in [5, 5.41) is 11.5. The topological polar surface area (TPSA) is 81.9 Å². The Morgan fingerprint density at radius 1 is 1.15 bits per heavy atom. The number of nitro benzene ring substituents is 1. The number of carbonyl (C=O) groups excluding carboxylic acids is 1. The van der Waals surface area contributed by atoms with Crippen molar-refractivity contribution in [2.45, 2.75) is 20.3 Å². The molecule has 0 spiro atoms. The molecule has 0 unspecified atom stereocenters. The summed E-state index contributed by atoms with van der Waals surface area (Å²) in [5.41, 5.74) is 0.806. The van der Waals surface area contributed by atoms with Gasteiger partial charge in [0.1, 0.15) is 5.56 Å². The molecule has 0 atom stereocenters. The number of benzene rings is 2. The molecule has 0 aliphatic rings. The predicted octanol–water partition coefficient (Wildman–Crippen LogP) is 3.71. The van der Waals surface area contributed by atoms with E-state index < -0.39 is 10.8 Å². The lowest BCUT2D eigenvalue weighted by molar-refractivity contribution is -0.385. The maximum absolute atomic E-state index is 13.0. The van der Waals surface area contributed by atoms with Crippen molar-refractivity contribution in [2.75, 3.05) is 26.8 Å². The zero-order valence-electron chi connectivity index (χ0n) is 15.8. The van der Waals surface area contributed by atoms with Crippen LogP contribution in [0.25, 0.3) is 0 Å². The maximum atomic E-state index is 13.0. The molecular formula is C20H24N2O5. The van der Waals surface area contributed by atoms with Crippen LogP contribution in [0, 0.1) is 10.1 Å². The zero-order chi connectivity index (χ0) is 19.8. The van der Waals surface area contributed by atoms with Gasteiger partial charge in [0, 0.05) is 19.2 Å². The van der Waals surface area contributed by atoms with E-state index in [1.807, 2.05) is 37.3 Å². The highest BCUT2D eigenvalue weighted by Crippen LogP contribution is 2.35. The van der Waals surface area contributed by atoms with Gasteiger partial charge in [0.15, 0.2) is 11.5 Å². The average molecular weight is 372 g/mol. The number of methoxy groups -OCH3 is 1. The molecule has 0 saturated carbocycles. The summed E-state index contributed by atoms with van der Waals surface area (Å²) in [7, 11) is 1.40. The van der Waals surface area contributed by atoms with Gasteiger partial charge in [-0.15, -0.1) is 0 Å². The van der Waals surface area contributed by atoms with Gasteiger partial charge in [-0.3, -0.25) is 14.9 Å². The van der Waals surface area contributed by atoms with Gasteiger partial charge < -0.3 is 14.4 Å². The normalized spacial score (nSPS) is 10.3. The van der Waals surface area contributed by atoms with Crippen molar-refractivity contribution in [3.05, 3.63) is 63.7 Å². The molecule has 0 aromatic heterocycles. The number of carbonyl (C=O) groups is 1. The summed E-state index contributed by atoms with van der Waals surface area (Å²) in [5.74, 6) is 0.143. The summed E-state index contributed by atoms with van der Waals surface area (Å²) < 4.78 is 10.6. The number of likely N-dealkylation sites (N-methyl/N-ethyl adjacent to an activating group) is 1. The molecule has 2 aromatic rings. The standard InChI is InChI=1S/C20H24N2O5/c1-4-21(12-11-15-9-7-6-8-10-15)20(23)16-13-19(27-5-2)18(26-3)14-17(16)22(24)25/h6-10,13-14H,4-5,11-12H2,1-3H3. The van der Waals surface area contributed by atoms with Gasteiger partial charge in [0.2, 0.25) is 0 Å². The van der Waals surface area contributed by atoms with Gasteiger partial charge >= 0.3 is 0 Å². The van der Waals surface area contributed by atoms with Crippen molar-refractivity contribution in [3.63, 3.8) is 0 Å². The van der Waals surface area contributed by atoms with Crippen LogP contribution in [0.3, 0.4) is 0 Å². The van der Waals surface area contributed by atoms with E-state index in [9.17, 15) is 14.9 Å². The molecule has 144 valence electrons. The number of hydrogen-bond acceptors (Lipinski definition) is 5. The van der Waals surface area contributed by atoms with E-state index in [4.69, 9.17) is 9.47 Å². The Labute approximate surface area is 158 Å². The first-order chi connectivity index (χ1) is 13.0. The lowest BCUT2D eigenvalue weighted by atomic mass is 10.1. The van der Waals surface area contributed by atoms with Crippen molar-refractivity contribution in [1.29, 1.82) is 0 Å². The van der Waals surface area contributed by atoms with Gasteiger partial charge in [-0.1, -0.05) is 30.3 Å². The minimum absolute atomic E-state index is 0.000776. The van der Waals surface area contributed by atoms with Gasteiger partial charge in [0.25, 0.3) is 11.6 Å². The highest BCUT2D eigenvalue weighted by atomic mass is 16.6. The molecule has 2 rings (SSSR count). The van der Waals surface area contributed by atoms with E-state index in [1.165, 1.54) is 19.2 Å². The Balaban J connectivity index is 2.33. The molecule has 2 aromatic carbocycles. The van der Waals surface area contributed by atoms with Crippen molar-refractivity contribution in [1.82, 2.24) is 4.90 Å². The van der Waals surface area contributed by atoms with Crippen molar-refractivity contribution in [2.24, 2.45) is 0 Å². The van der Waals surface area contributed by atoms with E-state index in [0.29, 0.717) is 31.9 Å². The summed E-state index contributed by atoms with van der Waals surface area (Å²) >= 11 is 0. The highest BCUT2D eigenvalue weighted by molar-refractivity contribution is 5.99. The molecule has 0 fully saturated rings. The second kappa shape index (κ2) is 9.56. The average Bonchev–Trinajstić information content (AvgIpc) is 2.68. The predicted molar refractivity (Wildman–Crippen MR) is 103 cm³/mol. The van der Waals surface area contributed by atoms with Crippen molar-refractivity contribution >= 4 is 11.6 Å². The molecule has 0 bridgehead atoms. The monoisotopic (exact) mass is 372 g/mol. The fraction of sp³-hybridized carbons (Fsp3) is 0.350. The number of rotatable bonds is 9. The Morgan fingerprint density at radius 3 is 2.41 bits per heavy atom. The third-order valence-electron chi connectivity index (χ3n) is 4.19. The van der Waals surface area contributed by atoms with Crippen LogP contribution in [0.1, 0.15) is 29.8 Å². The lowest BCUT2D eigenvalue weighted by Crippen LogP contribution is -2.33. The smallest absolute Gasteiger partial charge is 0.286 e. The third-order valence-corrected chi connectivity index (χ3v) is 4.19. The second-order valence-electron chi connectivity index (χ2n) is 5.83. The molecule has 7 nitrogen and oxygen atoms in total. The summed E-state index contributed by atoms with van der Waals surface area (Å²) in [6.07, 6.45) is 0.669. The lowest BCUT2D eigenvalue weighted by Gasteiger charge is -2.21. The van der Waals surface area contributed by atoms with E-state index >= 15 is 0 Å². The molecule has 0 aliphatic carbocycles.